The number of carboxylic acids is 1. The number of nitrogens with zero attached hydrogens (tertiary/aromatic N) is 1. The van der Waals surface area contributed by atoms with E-state index in [0.717, 1.165) is 0 Å². The Morgan fingerprint density at radius 1 is 1.44 bits per heavy atom. The van der Waals surface area contributed by atoms with Crippen molar-refractivity contribution in [3.05, 3.63) is 0 Å². The van der Waals surface area contributed by atoms with Crippen molar-refractivity contribution in [3.8, 4) is 0 Å². The summed E-state index contributed by atoms with van der Waals surface area (Å²) < 4.78 is 38.1. The summed E-state index contributed by atoms with van der Waals surface area (Å²) in [7, 11) is 0. The van der Waals surface area contributed by atoms with Gasteiger partial charge in [-0.15, -0.1) is 0 Å². The Balaban J connectivity index is 2.74. The first kappa shape index (κ1) is 13.2. The minimum Gasteiger partial charge on any atom is -0.481 e. The lowest BCUT2D eigenvalue weighted by molar-refractivity contribution is -0.227. The van der Waals surface area contributed by atoms with Crippen molar-refractivity contribution in [2.24, 2.45) is 5.41 Å². The lowest BCUT2D eigenvalue weighted by Gasteiger charge is -2.27. The van der Waals surface area contributed by atoms with E-state index >= 15 is 0 Å². The number of aliphatic hydroxyl groups excluding tert-OH is 1. The van der Waals surface area contributed by atoms with Gasteiger partial charge in [0, 0.05) is 19.7 Å². The van der Waals surface area contributed by atoms with Gasteiger partial charge in [0.05, 0.1) is 0 Å². The summed E-state index contributed by atoms with van der Waals surface area (Å²) >= 11 is 0. The maximum atomic E-state index is 12.7. The maximum absolute atomic E-state index is 12.7. The molecule has 0 aromatic carbocycles. The van der Waals surface area contributed by atoms with Crippen LogP contribution in [0, 0.1) is 5.41 Å². The lowest BCUT2D eigenvalue weighted by Crippen LogP contribution is -2.47. The van der Waals surface area contributed by atoms with Gasteiger partial charge in [-0.25, -0.2) is 0 Å². The van der Waals surface area contributed by atoms with Gasteiger partial charge in [-0.05, 0) is 19.4 Å². The fourth-order valence-electron chi connectivity index (χ4n) is 1.90. The van der Waals surface area contributed by atoms with Crippen LogP contribution in [0.2, 0.25) is 0 Å². The Morgan fingerprint density at radius 2 is 2.06 bits per heavy atom. The fourth-order valence-corrected chi connectivity index (χ4v) is 1.90. The van der Waals surface area contributed by atoms with E-state index in [1.165, 1.54) is 4.90 Å². The largest absolute Gasteiger partial charge is 0.481 e. The predicted molar refractivity (Wildman–Crippen MR) is 48.9 cm³/mol. The number of hydrogen-bond donors (Lipinski definition) is 2. The van der Waals surface area contributed by atoms with Crippen molar-refractivity contribution in [1.29, 1.82) is 0 Å². The van der Waals surface area contributed by atoms with E-state index in [4.69, 9.17) is 10.2 Å². The summed E-state index contributed by atoms with van der Waals surface area (Å²) in [5.74, 6) is -1.81. The minimum absolute atomic E-state index is 0.103. The number of carboxylic acid groups (broad SMARTS) is 1. The third-order valence-electron chi connectivity index (χ3n) is 2.93. The van der Waals surface area contributed by atoms with Crippen LogP contribution in [-0.2, 0) is 4.79 Å². The van der Waals surface area contributed by atoms with Crippen LogP contribution in [-0.4, -0.2) is 53.5 Å². The lowest BCUT2D eigenvalue weighted by atomic mass is 9.86. The number of aliphatic carboxylic acids is 1. The molecule has 0 bridgehead atoms. The highest BCUT2D eigenvalue weighted by Crippen LogP contribution is 2.45. The van der Waals surface area contributed by atoms with Crippen LogP contribution < -0.4 is 0 Å². The second kappa shape index (κ2) is 4.58. The van der Waals surface area contributed by atoms with Crippen LogP contribution >= 0.6 is 0 Å². The molecule has 1 heterocycles. The summed E-state index contributed by atoms with van der Waals surface area (Å²) in [5, 5.41) is 17.3. The summed E-state index contributed by atoms with van der Waals surface area (Å²) in [5.41, 5.74) is -2.64. The predicted octanol–water partition coefficient (Wildman–Crippen LogP) is 0.708. The quantitative estimate of drug-likeness (QED) is 0.761. The Bertz CT molecular complexity index is 269. The second-order valence-corrected chi connectivity index (χ2v) is 3.99. The van der Waals surface area contributed by atoms with Gasteiger partial charge in [-0.3, -0.25) is 4.79 Å². The van der Waals surface area contributed by atoms with E-state index in [-0.39, 0.29) is 13.2 Å². The highest BCUT2D eigenvalue weighted by molar-refractivity contribution is 5.76. The number of hydrogen-bond acceptors (Lipinski definition) is 3. The molecule has 16 heavy (non-hydrogen) atoms. The average molecular weight is 241 g/mol. The molecule has 0 aromatic heterocycles. The van der Waals surface area contributed by atoms with Gasteiger partial charge in [0.2, 0.25) is 0 Å². The zero-order valence-electron chi connectivity index (χ0n) is 8.63. The molecule has 2 N–H and O–H groups in total. The van der Waals surface area contributed by atoms with Crippen molar-refractivity contribution in [2.45, 2.75) is 19.0 Å². The molecule has 1 rings (SSSR count). The molecule has 0 aromatic rings. The third-order valence-corrected chi connectivity index (χ3v) is 2.93. The Morgan fingerprint density at radius 3 is 2.44 bits per heavy atom. The molecule has 1 aliphatic rings. The van der Waals surface area contributed by atoms with E-state index in [0.29, 0.717) is 13.0 Å². The van der Waals surface area contributed by atoms with Crippen molar-refractivity contribution >= 4 is 5.97 Å². The highest BCUT2D eigenvalue weighted by atomic mass is 19.4. The Hall–Kier alpha value is -0.820. The van der Waals surface area contributed by atoms with E-state index < -0.39 is 30.5 Å². The van der Waals surface area contributed by atoms with Crippen molar-refractivity contribution < 1.29 is 28.2 Å². The molecule has 0 aliphatic carbocycles. The first-order valence-electron chi connectivity index (χ1n) is 4.97. The first-order valence-corrected chi connectivity index (χ1v) is 4.97. The molecule has 0 spiro atoms. The average Bonchev–Trinajstić information content (AvgIpc) is 2.58. The minimum atomic E-state index is -4.73. The molecule has 1 atom stereocenters. The molecule has 7 heteroatoms. The van der Waals surface area contributed by atoms with Crippen LogP contribution in [0.4, 0.5) is 13.2 Å². The molecular weight excluding hydrogens is 227 g/mol. The Kier molecular flexibility index (Phi) is 3.80. The van der Waals surface area contributed by atoms with Crippen LogP contribution in [0.15, 0.2) is 0 Å². The normalized spacial score (nSPS) is 27.2. The van der Waals surface area contributed by atoms with E-state index in [1.54, 1.807) is 0 Å². The molecule has 1 unspecified atom stereocenters. The summed E-state index contributed by atoms with van der Waals surface area (Å²) in [4.78, 5) is 12.2. The molecule has 1 fully saturated rings. The summed E-state index contributed by atoms with van der Waals surface area (Å²) in [6, 6.07) is 0. The van der Waals surface area contributed by atoms with Gasteiger partial charge < -0.3 is 15.1 Å². The summed E-state index contributed by atoms with van der Waals surface area (Å²) in [6.07, 6.45) is -4.79. The van der Waals surface area contributed by atoms with Gasteiger partial charge in [0.15, 0.2) is 5.41 Å². The van der Waals surface area contributed by atoms with Crippen molar-refractivity contribution in [3.63, 3.8) is 0 Å². The van der Waals surface area contributed by atoms with Gasteiger partial charge >= 0.3 is 12.1 Å². The Labute approximate surface area is 90.7 Å². The number of alkyl halides is 3. The van der Waals surface area contributed by atoms with E-state index in [9.17, 15) is 18.0 Å². The molecular formula is C9H14F3NO3. The molecule has 94 valence electrons. The smallest absolute Gasteiger partial charge is 0.406 e. The van der Waals surface area contributed by atoms with Gasteiger partial charge in [0.1, 0.15) is 0 Å². The van der Waals surface area contributed by atoms with E-state index in [1.807, 2.05) is 0 Å². The third kappa shape index (κ3) is 2.30. The molecule has 1 aliphatic heterocycles. The van der Waals surface area contributed by atoms with Crippen LogP contribution in [0.3, 0.4) is 0 Å². The van der Waals surface area contributed by atoms with Gasteiger partial charge in [-0.2, -0.15) is 13.2 Å². The molecule has 1 saturated heterocycles. The number of likely N-dealkylation sites (tertiary alicyclic amines) is 1. The zero-order valence-corrected chi connectivity index (χ0v) is 8.63. The zero-order chi connectivity index (χ0) is 12.4. The molecule has 0 radical (unpaired) electrons. The maximum Gasteiger partial charge on any atom is 0.406 e. The van der Waals surface area contributed by atoms with Gasteiger partial charge in [0.25, 0.3) is 0 Å². The highest BCUT2D eigenvalue weighted by Gasteiger charge is 2.63. The second-order valence-electron chi connectivity index (χ2n) is 3.99. The van der Waals surface area contributed by atoms with Crippen molar-refractivity contribution in [2.75, 3.05) is 26.2 Å². The molecule has 0 amide bonds. The topological polar surface area (TPSA) is 60.8 Å². The standard InChI is InChI=1S/C9H14F3NO3/c10-9(11,12)8(7(15)16)2-4-13(6-8)3-1-5-14/h14H,1-6H2,(H,15,16). The number of carbonyl (C=O) groups is 1. The number of halogens is 3. The van der Waals surface area contributed by atoms with Crippen LogP contribution in [0.1, 0.15) is 12.8 Å². The first-order chi connectivity index (χ1) is 7.33. The molecule has 0 saturated carbocycles. The van der Waals surface area contributed by atoms with E-state index in [2.05, 4.69) is 0 Å². The fraction of sp³-hybridized carbons (Fsp3) is 0.889. The number of rotatable bonds is 4. The van der Waals surface area contributed by atoms with Crippen molar-refractivity contribution in [1.82, 2.24) is 4.90 Å². The van der Waals surface area contributed by atoms with Crippen LogP contribution in [0.25, 0.3) is 0 Å². The van der Waals surface area contributed by atoms with Gasteiger partial charge in [-0.1, -0.05) is 0 Å². The van der Waals surface area contributed by atoms with Crippen LogP contribution in [0.5, 0.6) is 0 Å². The monoisotopic (exact) mass is 241 g/mol. The number of aliphatic hydroxyl groups is 1. The summed E-state index contributed by atoms with van der Waals surface area (Å²) in [6.45, 7) is -0.234. The molecule has 4 nitrogen and oxygen atoms in total. The SMILES string of the molecule is O=C(O)C1(C(F)(F)F)CCN(CCCO)C1.